The highest BCUT2D eigenvalue weighted by atomic mass is 16.5. The second kappa shape index (κ2) is 9.83. The van der Waals surface area contributed by atoms with Crippen molar-refractivity contribution in [2.45, 2.75) is 44.8 Å². The van der Waals surface area contributed by atoms with Crippen LogP contribution in [0, 0.1) is 0 Å². The molecular weight excluding hydrogens is 218 g/mol. The van der Waals surface area contributed by atoms with Crippen LogP contribution in [0.2, 0.25) is 0 Å². The summed E-state index contributed by atoms with van der Waals surface area (Å²) in [7, 11) is 1.68. The Labute approximate surface area is 105 Å². The maximum absolute atomic E-state index is 5.65. The summed E-state index contributed by atoms with van der Waals surface area (Å²) in [6.45, 7) is 5.67. The van der Waals surface area contributed by atoms with E-state index in [1.54, 1.807) is 7.11 Å². The Morgan fingerprint density at radius 2 is 1.82 bits per heavy atom. The maximum Gasteiger partial charge on any atom is 0.0704 e. The van der Waals surface area contributed by atoms with Gasteiger partial charge in [-0.15, -0.1) is 0 Å². The van der Waals surface area contributed by atoms with Crippen molar-refractivity contribution in [1.82, 2.24) is 5.32 Å². The first-order chi connectivity index (χ1) is 8.33. The molecule has 0 aliphatic heterocycles. The summed E-state index contributed by atoms with van der Waals surface area (Å²) in [5.41, 5.74) is 0. The molecule has 0 saturated heterocycles. The fourth-order valence-corrected chi connectivity index (χ4v) is 2.07. The van der Waals surface area contributed by atoms with Crippen LogP contribution in [0.25, 0.3) is 0 Å². The van der Waals surface area contributed by atoms with Gasteiger partial charge in [-0.3, -0.25) is 0 Å². The third-order valence-electron chi connectivity index (χ3n) is 3.11. The van der Waals surface area contributed by atoms with Crippen LogP contribution in [0.1, 0.15) is 32.6 Å². The second-order valence-electron chi connectivity index (χ2n) is 4.68. The molecule has 1 fully saturated rings. The van der Waals surface area contributed by atoms with Crippen molar-refractivity contribution in [3.8, 4) is 0 Å². The van der Waals surface area contributed by atoms with Crippen LogP contribution >= 0.6 is 0 Å². The van der Waals surface area contributed by atoms with Gasteiger partial charge in [0.2, 0.25) is 0 Å². The standard InChI is InChI=1S/C13H27NO3/c1-12(11-14-13-5-3-4-6-13)17-10-9-16-8-7-15-2/h12-14H,3-11H2,1-2H3. The summed E-state index contributed by atoms with van der Waals surface area (Å²) in [5.74, 6) is 0. The number of hydrogen-bond acceptors (Lipinski definition) is 4. The fraction of sp³-hybridized carbons (Fsp3) is 1.00. The van der Waals surface area contributed by atoms with E-state index in [2.05, 4.69) is 12.2 Å². The van der Waals surface area contributed by atoms with Gasteiger partial charge in [0.15, 0.2) is 0 Å². The highest BCUT2D eigenvalue weighted by Gasteiger charge is 2.14. The summed E-state index contributed by atoms with van der Waals surface area (Å²) in [6, 6.07) is 0.721. The van der Waals surface area contributed by atoms with Crippen LogP contribution in [0.4, 0.5) is 0 Å². The van der Waals surface area contributed by atoms with Gasteiger partial charge in [0.05, 0.1) is 32.5 Å². The van der Waals surface area contributed by atoms with Crippen LogP contribution in [-0.4, -0.2) is 52.2 Å². The highest BCUT2D eigenvalue weighted by Crippen LogP contribution is 2.17. The number of nitrogens with one attached hydrogen (secondary N) is 1. The molecule has 1 aliphatic carbocycles. The predicted octanol–water partition coefficient (Wildman–Crippen LogP) is 1.59. The van der Waals surface area contributed by atoms with Crippen molar-refractivity contribution in [2.24, 2.45) is 0 Å². The van der Waals surface area contributed by atoms with Crippen LogP contribution < -0.4 is 5.32 Å². The number of hydrogen-bond donors (Lipinski definition) is 1. The van der Waals surface area contributed by atoms with E-state index in [0.717, 1.165) is 12.6 Å². The summed E-state index contributed by atoms with van der Waals surface area (Å²) in [4.78, 5) is 0. The third-order valence-corrected chi connectivity index (χ3v) is 3.11. The minimum absolute atomic E-state index is 0.265. The molecule has 0 radical (unpaired) electrons. The average molecular weight is 245 g/mol. The Kier molecular flexibility index (Phi) is 8.61. The zero-order chi connectivity index (χ0) is 12.3. The zero-order valence-electron chi connectivity index (χ0n) is 11.2. The van der Waals surface area contributed by atoms with E-state index in [4.69, 9.17) is 14.2 Å². The molecule has 17 heavy (non-hydrogen) atoms. The average Bonchev–Trinajstić information content (AvgIpc) is 2.84. The van der Waals surface area contributed by atoms with Crippen molar-refractivity contribution >= 4 is 0 Å². The first-order valence-corrected chi connectivity index (χ1v) is 6.74. The molecule has 4 nitrogen and oxygen atoms in total. The van der Waals surface area contributed by atoms with E-state index >= 15 is 0 Å². The molecule has 1 N–H and O–H groups in total. The van der Waals surface area contributed by atoms with Gasteiger partial charge in [-0.2, -0.15) is 0 Å². The Morgan fingerprint density at radius 3 is 2.53 bits per heavy atom. The lowest BCUT2D eigenvalue weighted by atomic mass is 10.2. The molecule has 0 aromatic heterocycles. The molecule has 0 amide bonds. The van der Waals surface area contributed by atoms with Crippen LogP contribution in [-0.2, 0) is 14.2 Å². The lowest BCUT2D eigenvalue weighted by Gasteiger charge is -2.17. The highest BCUT2D eigenvalue weighted by molar-refractivity contribution is 4.74. The summed E-state index contributed by atoms with van der Waals surface area (Å²) >= 11 is 0. The molecule has 1 atom stereocenters. The minimum atomic E-state index is 0.265. The number of methoxy groups -OCH3 is 1. The van der Waals surface area contributed by atoms with Crippen molar-refractivity contribution in [3.05, 3.63) is 0 Å². The van der Waals surface area contributed by atoms with E-state index in [-0.39, 0.29) is 6.10 Å². The lowest BCUT2D eigenvalue weighted by molar-refractivity contribution is -0.000564. The Bertz CT molecular complexity index is 172. The van der Waals surface area contributed by atoms with Crippen LogP contribution in [0.5, 0.6) is 0 Å². The Morgan fingerprint density at radius 1 is 1.12 bits per heavy atom. The minimum Gasteiger partial charge on any atom is -0.382 e. The Balaban J connectivity index is 1.85. The van der Waals surface area contributed by atoms with Crippen molar-refractivity contribution in [3.63, 3.8) is 0 Å². The molecular formula is C13H27NO3. The molecule has 1 unspecified atom stereocenters. The van der Waals surface area contributed by atoms with Crippen LogP contribution in [0.15, 0.2) is 0 Å². The fourth-order valence-electron chi connectivity index (χ4n) is 2.07. The van der Waals surface area contributed by atoms with Gasteiger partial charge in [0.25, 0.3) is 0 Å². The summed E-state index contributed by atoms with van der Waals surface area (Å²) < 4.78 is 15.9. The van der Waals surface area contributed by atoms with Crippen molar-refractivity contribution < 1.29 is 14.2 Å². The molecule has 0 bridgehead atoms. The quantitative estimate of drug-likeness (QED) is 0.593. The summed E-state index contributed by atoms with van der Waals surface area (Å²) in [6.07, 6.45) is 5.67. The van der Waals surface area contributed by atoms with E-state index in [9.17, 15) is 0 Å². The summed E-state index contributed by atoms with van der Waals surface area (Å²) in [5, 5.41) is 3.56. The van der Waals surface area contributed by atoms with E-state index in [0.29, 0.717) is 26.4 Å². The Hall–Kier alpha value is -0.160. The molecule has 0 spiro atoms. The van der Waals surface area contributed by atoms with Gasteiger partial charge >= 0.3 is 0 Å². The van der Waals surface area contributed by atoms with Gasteiger partial charge in [-0.05, 0) is 19.8 Å². The molecule has 0 aromatic rings. The molecule has 1 rings (SSSR count). The van der Waals surface area contributed by atoms with Gasteiger partial charge in [0.1, 0.15) is 0 Å². The van der Waals surface area contributed by atoms with Crippen LogP contribution in [0.3, 0.4) is 0 Å². The van der Waals surface area contributed by atoms with E-state index < -0.39 is 0 Å². The van der Waals surface area contributed by atoms with Gasteiger partial charge < -0.3 is 19.5 Å². The second-order valence-corrected chi connectivity index (χ2v) is 4.68. The maximum atomic E-state index is 5.65. The normalized spacial score (nSPS) is 18.7. The topological polar surface area (TPSA) is 39.7 Å². The SMILES string of the molecule is COCCOCCOC(C)CNC1CCCC1. The monoisotopic (exact) mass is 245 g/mol. The van der Waals surface area contributed by atoms with Gasteiger partial charge in [0, 0.05) is 19.7 Å². The molecule has 4 heteroatoms. The molecule has 1 aliphatic rings. The van der Waals surface area contributed by atoms with E-state index in [1.165, 1.54) is 25.7 Å². The zero-order valence-corrected chi connectivity index (χ0v) is 11.2. The predicted molar refractivity (Wildman–Crippen MR) is 68.4 cm³/mol. The van der Waals surface area contributed by atoms with Crippen molar-refractivity contribution in [1.29, 1.82) is 0 Å². The van der Waals surface area contributed by atoms with E-state index in [1.807, 2.05) is 0 Å². The first-order valence-electron chi connectivity index (χ1n) is 6.74. The lowest BCUT2D eigenvalue weighted by Crippen LogP contribution is -2.34. The molecule has 1 saturated carbocycles. The molecule has 0 aromatic carbocycles. The number of ether oxygens (including phenoxy) is 3. The first kappa shape index (κ1) is 14.9. The molecule has 0 heterocycles. The molecule has 102 valence electrons. The van der Waals surface area contributed by atoms with Crippen molar-refractivity contribution in [2.75, 3.05) is 40.1 Å². The smallest absolute Gasteiger partial charge is 0.0704 e. The number of rotatable bonds is 10. The third kappa shape index (κ3) is 7.71. The largest absolute Gasteiger partial charge is 0.382 e. The van der Waals surface area contributed by atoms with Gasteiger partial charge in [-0.1, -0.05) is 12.8 Å². The van der Waals surface area contributed by atoms with Gasteiger partial charge in [-0.25, -0.2) is 0 Å².